The number of benzene rings is 1. The first-order valence-electron chi connectivity index (χ1n) is 12.3. The molecule has 2 saturated heterocycles. The maximum atomic E-state index is 13.7. The van der Waals surface area contributed by atoms with E-state index in [0.717, 1.165) is 57.3 Å². The summed E-state index contributed by atoms with van der Waals surface area (Å²) in [6, 6.07) is 5.32. The number of nitrogens with zero attached hydrogens (tertiary/aromatic N) is 2. The molecule has 1 spiro atoms. The third kappa shape index (κ3) is 3.59. The highest BCUT2D eigenvalue weighted by Gasteiger charge is 2.62. The number of piperidine rings is 1. The number of aromatic amines is 1. The lowest BCUT2D eigenvalue weighted by molar-refractivity contribution is -0.140. The fraction of sp³-hybridized carbons (Fsp3) is 0.600. The van der Waals surface area contributed by atoms with Crippen molar-refractivity contribution in [3.63, 3.8) is 0 Å². The molecule has 4 aliphatic rings. The van der Waals surface area contributed by atoms with E-state index in [1.54, 1.807) is 4.90 Å². The Morgan fingerprint density at radius 2 is 1.89 bits per heavy atom. The zero-order valence-corrected chi connectivity index (χ0v) is 19.4. The van der Waals surface area contributed by atoms with E-state index in [1.807, 2.05) is 6.92 Å². The van der Waals surface area contributed by atoms with Crippen LogP contribution in [0.15, 0.2) is 33.6 Å². The lowest BCUT2D eigenvalue weighted by atomic mass is 9.76. The van der Waals surface area contributed by atoms with Gasteiger partial charge in [0.2, 0.25) is 5.91 Å². The fourth-order valence-electron chi connectivity index (χ4n) is 6.79. The van der Waals surface area contributed by atoms with Gasteiger partial charge >= 0.3 is 6.18 Å². The van der Waals surface area contributed by atoms with Gasteiger partial charge in [0.05, 0.1) is 17.5 Å². The molecular formula is C25H28F3N3O4. The summed E-state index contributed by atoms with van der Waals surface area (Å²) in [5.41, 5.74) is -1.09. The molecule has 1 amide bonds. The molecule has 6 rings (SSSR count). The molecule has 4 atom stereocenters. The molecule has 0 radical (unpaired) electrons. The zero-order chi connectivity index (χ0) is 24.5. The Balaban J connectivity index is 1.16. The summed E-state index contributed by atoms with van der Waals surface area (Å²) in [5.74, 6) is 1.31. The smallest absolute Gasteiger partial charge is 0.416 e. The van der Waals surface area contributed by atoms with Crippen LogP contribution in [0.3, 0.4) is 0 Å². The number of ether oxygens (including phenoxy) is 1. The van der Waals surface area contributed by atoms with E-state index < -0.39 is 23.4 Å². The molecule has 1 aromatic carbocycles. The van der Waals surface area contributed by atoms with Gasteiger partial charge < -0.3 is 19.1 Å². The quantitative estimate of drug-likeness (QED) is 0.685. The van der Waals surface area contributed by atoms with Gasteiger partial charge in [-0.05, 0) is 63.4 Å². The molecular weight excluding hydrogens is 463 g/mol. The van der Waals surface area contributed by atoms with Crippen LogP contribution in [0.2, 0.25) is 0 Å². The minimum absolute atomic E-state index is 0.00421. The van der Waals surface area contributed by atoms with Gasteiger partial charge in [0.15, 0.2) is 6.23 Å². The molecule has 0 bridgehead atoms. The van der Waals surface area contributed by atoms with Gasteiger partial charge in [-0.25, -0.2) is 0 Å². The molecule has 2 unspecified atom stereocenters. The van der Waals surface area contributed by atoms with Crippen LogP contribution in [0.25, 0.3) is 0 Å². The van der Waals surface area contributed by atoms with Crippen LogP contribution in [-0.2, 0) is 17.5 Å². The molecule has 1 aliphatic carbocycles. The van der Waals surface area contributed by atoms with Crippen LogP contribution in [0.4, 0.5) is 13.2 Å². The number of carbonyl (C=O) groups excluding carboxylic acids is 1. The van der Waals surface area contributed by atoms with E-state index in [-0.39, 0.29) is 35.9 Å². The number of carbonyl (C=O) groups is 1. The maximum absolute atomic E-state index is 13.7. The maximum Gasteiger partial charge on any atom is 0.416 e. The lowest BCUT2D eigenvalue weighted by Gasteiger charge is -2.36. The van der Waals surface area contributed by atoms with E-state index in [1.165, 1.54) is 12.1 Å². The molecule has 3 aliphatic heterocycles. The summed E-state index contributed by atoms with van der Waals surface area (Å²) >= 11 is 0. The van der Waals surface area contributed by atoms with Crippen molar-refractivity contribution in [3.8, 4) is 5.75 Å². The van der Waals surface area contributed by atoms with Gasteiger partial charge in [-0.1, -0.05) is 6.92 Å². The molecule has 1 saturated carbocycles. The van der Waals surface area contributed by atoms with Crippen LogP contribution in [0.5, 0.6) is 5.75 Å². The van der Waals surface area contributed by atoms with Crippen molar-refractivity contribution in [1.29, 1.82) is 0 Å². The van der Waals surface area contributed by atoms with Crippen molar-refractivity contribution in [2.24, 2.45) is 11.3 Å². The molecule has 35 heavy (non-hydrogen) atoms. The summed E-state index contributed by atoms with van der Waals surface area (Å²) in [5, 5.41) is 2.36. The first-order valence-corrected chi connectivity index (χ1v) is 12.3. The fourth-order valence-corrected chi connectivity index (χ4v) is 6.79. The van der Waals surface area contributed by atoms with E-state index >= 15 is 0 Å². The highest BCUT2D eigenvalue weighted by molar-refractivity contribution is 5.86. The minimum atomic E-state index is -4.44. The summed E-state index contributed by atoms with van der Waals surface area (Å²) < 4.78 is 51.0. The monoisotopic (exact) mass is 491 g/mol. The van der Waals surface area contributed by atoms with Crippen molar-refractivity contribution in [2.45, 2.75) is 69.9 Å². The first-order chi connectivity index (χ1) is 16.7. The first kappa shape index (κ1) is 22.7. The highest BCUT2D eigenvalue weighted by Crippen LogP contribution is 2.55. The third-order valence-electron chi connectivity index (χ3n) is 8.78. The van der Waals surface area contributed by atoms with Gasteiger partial charge in [-0.3, -0.25) is 9.59 Å². The average molecular weight is 492 g/mol. The summed E-state index contributed by atoms with van der Waals surface area (Å²) in [6.45, 7) is 3.93. The topological polar surface area (TPSA) is 78.8 Å². The average Bonchev–Trinajstić information content (AvgIpc) is 3.53. The van der Waals surface area contributed by atoms with Crippen LogP contribution in [-0.4, -0.2) is 46.2 Å². The molecule has 1 aromatic heterocycles. The van der Waals surface area contributed by atoms with Gasteiger partial charge in [0.25, 0.3) is 5.56 Å². The Hall–Kier alpha value is -2.75. The molecule has 2 aromatic rings. The number of H-pyrrole nitrogens is 1. The van der Waals surface area contributed by atoms with E-state index in [4.69, 9.17) is 9.26 Å². The largest absolute Gasteiger partial charge is 0.470 e. The molecule has 3 fully saturated rings. The minimum Gasteiger partial charge on any atom is -0.470 e. The second kappa shape index (κ2) is 7.88. The molecule has 1 N–H and O–H groups in total. The number of hydrogen-bond acceptors (Lipinski definition) is 5. The predicted molar refractivity (Wildman–Crippen MR) is 119 cm³/mol. The van der Waals surface area contributed by atoms with Gasteiger partial charge in [0.1, 0.15) is 11.5 Å². The second-order valence-electron chi connectivity index (χ2n) is 10.5. The second-order valence-corrected chi connectivity index (χ2v) is 10.5. The number of alkyl halides is 3. The van der Waals surface area contributed by atoms with Crippen LogP contribution in [0, 0.1) is 11.3 Å². The van der Waals surface area contributed by atoms with Crippen LogP contribution < -0.4 is 10.3 Å². The lowest BCUT2D eigenvalue weighted by Crippen LogP contribution is -2.42. The van der Waals surface area contributed by atoms with Crippen molar-refractivity contribution in [2.75, 3.05) is 13.1 Å². The highest BCUT2D eigenvalue weighted by atomic mass is 19.4. The van der Waals surface area contributed by atoms with Gasteiger partial charge in [0, 0.05) is 29.5 Å². The van der Waals surface area contributed by atoms with Crippen LogP contribution >= 0.6 is 0 Å². The van der Waals surface area contributed by atoms with E-state index in [9.17, 15) is 22.8 Å². The van der Waals surface area contributed by atoms with Gasteiger partial charge in [-0.2, -0.15) is 18.3 Å². The van der Waals surface area contributed by atoms with Gasteiger partial charge in [-0.15, -0.1) is 0 Å². The predicted octanol–water partition coefficient (Wildman–Crippen LogP) is 4.10. The van der Waals surface area contributed by atoms with E-state index in [0.29, 0.717) is 17.1 Å². The molecule has 10 heteroatoms. The number of amides is 1. The van der Waals surface area contributed by atoms with Crippen LogP contribution in [0.1, 0.15) is 61.8 Å². The number of hydrogen-bond donors (Lipinski definition) is 1. The Labute approximate surface area is 200 Å². The standard InChI is InChI=1S/C25H28F3N3O4/c1-14-22-31(13-16-10-17(25(26,27)28)2-3-19(16)34-22)23(33)24(14)7-4-18(12-24)30-8-5-15(6-9-30)20-11-21(32)29-35-20/h2-3,10-11,14-15,18,22H,4-9,12-13H2,1H3,(H,29,32)/t14?,18-,22?,24+/m1/s1. The third-order valence-corrected chi connectivity index (χ3v) is 8.78. The number of fused-ring (bicyclic) bond motifs is 2. The molecule has 4 heterocycles. The van der Waals surface area contributed by atoms with Crippen molar-refractivity contribution < 1.29 is 27.2 Å². The Morgan fingerprint density at radius 1 is 1.11 bits per heavy atom. The molecule has 188 valence electrons. The van der Waals surface area contributed by atoms with Crippen molar-refractivity contribution >= 4 is 5.91 Å². The summed E-state index contributed by atoms with van der Waals surface area (Å²) in [7, 11) is 0. The summed E-state index contributed by atoms with van der Waals surface area (Å²) in [6.07, 6.45) is -0.708. The Kier molecular flexibility index (Phi) is 5.11. The number of halogens is 3. The molecule has 7 nitrogen and oxygen atoms in total. The Bertz CT molecular complexity index is 1200. The van der Waals surface area contributed by atoms with Crippen molar-refractivity contribution in [3.05, 3.63) is 51.5 Å². The number of nitrogens with one attached hydrogen (secondary N) is 1. The summed E-state index contributed by atoms with van der Waals surface area (Å²) in [4.78, 5) is 29.2. The number of likely N-dealkylation sites (tertiary alicyclic amines) is 1. The number of rotatable bonds is 2. The van der Waals surface area contributed by atoms with E-state index in [2.05, 4.69) is 10.1 Å². The normalized spacial score (nSPS) is 31.6. The Morgan fingerprint density at radius 3 is 2.57 bits per heavy atom. The van der Waals surface area contributed by atoms with Crippen molar-refractivity contribution in [1.82, 2.24) is 15.0 Å². The SMILES string of the molecule is CC1C2Oc3ccc(C(F)(F)F)cc3CN2C(=O)[C@]12CC[C@@H](N1CCC(c3cc(=O)[nH]o3)CC1)C2. The zero-order valence-electron chi connectivity index (χ0n) is 19.4. The number of aromatic nitrogens is 1.